The molecule has 8 rings (SSSR count). The second-order valence-corrected chi connectivity index (χ2v) is 21.4. The van der Waals surface area contributed by atoms with Crippen LogP contribution in [0.5, 0.6) is 0 Å². The Labute approximate surface area is 376 Å². The number of benzene rings is 2. The molecule has 342 valence electrons. The lowest BCUT2D eigenvalue weighted by atomic mass is 9.80. The van der Waals surface area contributed by atoms with Gasteiger partial charge in [0.1, 0.15) is 5.60 Å². The zero-order valence-corrected chi connectivity index (χ0v) is 39.6. The van der Waals surface area contributed by atoms with E-state index < -0.39 is 5.60 Å². The number of ether oxygens (including phenoxy) is 1. The van der Waals surface area contributed by atoms with Gasteiger partial charge in [0.25, 0.3) is 0 Å². The van der Waals surface area contributed by atoms with Crippen LogP contribution < -0.4 is 5.32 Å². The summed E-state index contributed by atoms with van der Waals surface area (Å²) >= 11 is 0. The first kappa shape index (κ1) is 46.2. The molecule has 2 saturated carbocycles. The normalized spacial score (nSPS) is 23.5. The summed E-state index contributed by atoms with van der Waals surface area (Å²) in [6.45, 7) is 17.6. The zero-order chi connectivity index (χ0) is 45.2. The van der Waals surface area contributed by atoms with Gasteiger partial charge in [0.15, 0.2) is 0 Å². The summed E-state index contributed by atoms with van der Waals surface area (Å²) in [7, 11) is 3.68. The number of hydrogen-bond donors (Lipinski definition) is 2. The Morgan fingerprint density at radius 3 is 2.03 bits per heavy atom. The van der Waals surface area contributed by atoms with Crippen LogP contribution in [0, 0.1) is 23.7 Å². The second-order valence-electron chi connectivity index (χ2n) is 21.4. The van der Waals surface area contributed by atoms with E-state index in [-0.39, 0.29) is 35.5 Å². The number of H-pyrrole nitrogens is 1. The number of fused-ring (bicyclic) bond motifs is 5. The Morgan fingerprint density at radius 2 is 1.38 bits per heavy atom. The van der Waals surface area contributed by atoms with E-state index in [1.54, 1.807) is 9.80 Å². The molecule has 1 aromatic heterocycles. The second kappa shape index (κ2) is 19.1. The number of carbonyl (C=O) groups excluding carboxylic acids is 4. The maximum Gasteiger partial charge on any atom is 0.410 e. The Balaban J connectivity index is 0.000000189. The molecule has 5 amide bonds. The molecule has 5 aliphatic rings. The molecule has 63 heavy (non-hydrogen) atoms. The number of aromatic nitrogens is 1. The Hall–Kier alpha value is -4.80. The Morgan fingerprint density at radius 1 is 0.778 bits per heavy atom. The molecule has 0 unspecified atom stereocenters. The molecule has 1 atom stereocenters. The van der Waals surface area contributed by atoms with E-state index in [1.165, 1.54) is 44.4 Å². The first-order chi connectivity index (χ1) is 29.8. The first-order valence-corrected chi connectivity index (χ1v) is 23.8. The lowest BCUT2D eigenvalue weighted by Gasteiger charge is -2.39. The number of hydrogen-bond acceptors (Lipinski definition) is 5. The molecule has 0 saturated heterocycles. The van der Waals surface area contributed by atoms with Crippen molar-refractivity contribution in [1.29, 1.82) is 0 Å². The number of rotatable bonds is 6. The number of nitrogens with zero attached hydrogens (tertiary/aromatic N) is 4. The van der Waals surface area contributed by atoms with Crippen LogP contribution in [0.25, 0.3) is 16.5 Å². The number of urea groups is 1. The van der Waals surface area contributed by atoms with Crippen molar-refractivity contribution in [2.75, 3.05) is 40.3 Å². The van der Waals surface area contributed by atoms with Gasteiger partial charge in [-0.15, -0.1) is 0 Å². The van der Waals surface area contributed by atoms with Crippen LogP contribution in [0.15, 0.2) is 54.1 Å². The first-order valence-electron chi connectivity index (χ1n) is 23.8. The number of carbonyl (C=O) groups is 4. The smallest absolute Gasteiger partial charge is 0.410 e. The van der Waals surface area contributed by atoms with E-state index in [1.807, 2.05) is 55.6 Å². The molecule has 2 aromatic carbocycles. The molecule has 3 aromatic rings. The maximum atomic E-state index is 13.4. The van der Waals surface area contributed by atoms with Crippen LogP contribution in [0.3, 0.4) is 0 Å². The predicted octanol–water partition coefficient (Wildman–Crippen LogP) is 9.59. The van der Waals surface area contributed by atoms with Gasteiger partial charge in [-0.25, -0.2) is 9.59 Å². The van der Waals surface area contributed by atoms with E-state index in [0.717, 1.165) is 90.3 Å². The highest BCUT2D eigenvalue weighted by molar-refractivity contribution is 5.87. The van der Waals surface area contributed by atoms with Crippen molar-refractivity contribution in [3.63, 3.8) is 0 Å². The molecule has 11 nitrogen and oxygen atoms in total. The topological polar surface area (TPSA) is 118 Å². The largest absolute Gasteiger partial charge is 0.444 e. The minimum Gasteiger partial charge on any atom is -0.444 e. The summed E-state index contributed by atoms with van der Waals surface area (Å²) in [5.41, 5.74) is 8.76. The quantitative estimate of drug-likeness (QED) is 0.256. The van der Waals surface area contributed by atoms with Crippen molar-refractivity contribution in [2.45, 2.75) is 143 Å². The van der Waals surface area contributed by atoms with Crippen molar-refractivity contribution < 1.29 is 23.9 Å². The summed E-state index contributed by atoms with van der Waals surface area (Å²) < 4.78 is 5.47. The summed E-state index contributed by atoms with van der Waals surface area (Å²) in [4.78, 5) is 62.5. The van der Waals surface area contributed by atoms with Gasteiger partial charge < -0.3 is 34.6 Å². The van der Waals surface area contributed by atoms with Crippen molar-refractivity contribution in [2.24, 2.45) is 23.7 Å². The van der Waals surface area contributed by atoms with E-state index in [9.17, 15) is 19.2 Å². The van der Waals surface area contributed by atoms with E-state index in [2.05, 4.69) is 75.6 Å². The summed E-state index contributed by atoms with van der Waals surface area (Å²) in [6.07, 6.45) is 10.3. The van der Waals surface area contributed by atoms with Gasteiger partial charge in [0.2, 0.25) is 11.8 Å². The van der Waals surface area contributed by atoms with Crippen molar-refractivity contribution in [3.05, 3.63) is 76.5 Å². The fourth-order valence-electron chi connectivity index (χ4n) is 10.7. The number of nitrogens with one attached hydrogen (secondary N) is 2. The maximum absolute atomic E-state index is 13.4. The van der Waals surface area contributed by atoms with Gasteiger partial charge in [0, 0.05) is 98.8 Å². The van der Waals surface area contributed by atoms with Crippen molar-refractivity contribution >= 4 is 40.4 Å². The SMILES string of the molecule is CN(CC1CCC(C(=O)N2CCc3[nH]c4ccccc4c3C2)CC1)C(=O)NC(C)(C)C.C[C@@H]1CC2=C(Cc3ccccc32)CN1C(=O)C1CCC(CN(C)C(=O)OC(C)(C)C)CC1. The molecule has 3 aliphatic carbocycles. The standard InChI is InChI=1S/C27H38N2O3.C25H36N4O2/c1-18-14-24-22(15-21-8-6-7-9-23(21)24)17-29(18)25(30)20-12-10-19(11-13-20)16-28(5)26(31)32-27(2,3)4;1-25(2,3)27-24(31)28(4)15-17-9-11-18(12-10-17)23(30)29-14-13-22-20(16-29)19-7-5-6-8-21(19)26-22/h6-9,18-20H,10-17H2,1-5H3;5-8,17-18,26H,9-16H2,1-4H3,(H,27,31)/t18-,19?,20?;/m1./s1. The minimum absolute atomic E-state index is 0.0199. The highest BCUT2D eigenvalue weighted by Crippen LogP contribution is 2.41. The van der Waals surface area contributed by atoms with Gasteiger partial charge in [-0.05, 0) is 153 Å². The van der Waals surface area contributed by atoms with Gasteiger partial charge >= 0.3 is 12.1 Å². The zero-order valence-electron chi connectivity index (χ0n) is 39.6. The summed E-state index contributed by atoms with van der Waals surface area (Å²) in [5, 5.41) is 4.27. The molecular weight excluding hydrogens is 789 g/mol. The average Bonchev–Trinajstić information content (AvgIpc) is 3.80. The molecule has 2 aliphatic heterocycles. The molecule has 0 spiro atoms. The van der Waals surface area contributed by atoms with E-state index in [0.29, 0.717) is 36.7 Å². The third-order valence-electron chi connectivity index (χ3n) is 14.0. The van der Waals surface area contributed by atoms with Gasteiger partial charge in [0.05, 0.1) is 0 Å². The van der Waals surface area contributed by atoms with E-state index >= 15 is 0 Å². The fourth-order valence-corrected chi connectivity index (χ4v) is 10.7. The van der Waals surface area contributed by atoms with Gasteiger partial charge in [-0.2, -0.15) is 0 Å². The third kappa shape index (κ3) is 11.3. The van der Waals surface area contributed by atoms with E-state index in [4.69, 9.17) is 4.74 Å². The number of para-hydroxylation sites is 1. The predicted molar refractivity (Wildman–Crippen MR) is 251 cm³/mol. The molecular formula is C52H74N6O5. The Kier molecular flexibility index (Phi) is 14.0. The monoisotopic (exact) mass is 863 g/mol. The lowest BCUT2D eigenvalue weighted by Crippen LogP contribution is -2.48. The summed E-state index contributed by atoms with van der Waals surface area (Å²) in [6, 6.07) is 17.3. The van der Waals surface area contributed by atoms with Crippen LogP contribution in [0.1, 0.15) is 129 Å². The molecule has 3 heterocycles. The highest BCUT2D eigenvalue weighted by Gasteiger charge is 2.38. The highest BCUT2D eigenvalue weighted by atomic mass is 16.6. The minimum atomic E-state index is -0.476. The van der Waals surface area contributed by atoms with Gasteiger partial charge in [-0.3, -0.25) is 9.59 Å². The summed E-state index contributed by atoms with van der Waals surface area (Å²) in [5.74, 6) is 1.80. The lowest BCUT2D eigenvalue weighted by molar-refractivity contribution is -0.139. The molecule has 2 N–H and O–H groups in total. The number of amides is 5. The number of aromatic amines is 1. The molecule has 0 radical (unpaired) electrons. The van der Waals surface area contributed by atoms with Crippen LogP contribution >= 0.6 is 0 Å². The average molecular weight is 863 g/mol. The fraction of sp³-hybridized carbons (Fsp3) is 0.615. The van der Waals surface area contributed by atoms with Crippen LogP contribution in [-0.4, -0.2) is 106 Å². The van der Waals surface area contributed by atoms with Crippen molar-refractivity contribution in [1.82, 2.24) is 29.9 Å². The van der Waals surface area contributed by atoms with Crippen LogP contribution in [0.4, 0.5) is 9.59 Å². The van der Waals surface area contributed by atoms with Crippen molar-refractivity contribution in [3.8, 4) is 0 Å². The molecule has 11 heteroatoms. The Bertz CT molecular complexity index is 2160. The molecule has 2 fully saturated rings. The van der Waals surface area contributed by atoms with Gasteiger partial charge in [-0.1, -0.05) is 42.5 Å². The van der Waals surface area contributed by atoms with Crippen LogP contribution in [0.2, 0.25) is 0 Å². The van der Waals surface area contributed by atoms with Crippen LogP contribution in [-0.2, 0) is 33.7 Å². The third-order valence-corrected chi connectivity index (χ3v) is 14.0. The molecule has 0 bridgehead atoms.